The van der Waals surface area contributed by atoms with E-state index in [4.69, 9.17) is 10.2 Å². The third-order valence-electron chi connectivity index (χ3n) is 3.36. The summed E-state index contributed by atoms with van der Waals surface area (Å²) in [5.41, 5.74) is 4.16. The van der Waals surface area contributed by atoms with Crippen LogP contribution in [0.25, 0.3) is 6.08 Å². The standard InChI is InChI=1S/C19H24O4/c1-13(2)4-7-16-10-15(6-9-18(21)22)11-17(19(16)23)8-5-14(3)12-20/h4-6,9-11,20,23H,7-8,12H2,1-3H3,(H,21,22)/b9-6+,14-5?. The topological polar surface area (TPSA) is 77.8 Å². The van der Waals surface area contributed by atoms with Crippen LogP contribution in [-0.4, -0.2) is 27.9 Å². The quantitative estimate of drug-likeness (QED) is 0.531. The predicted molar refractivity (Wildman–Crippen MR) is 92.5 cm³/mol. The fourth-order valence-corrected chi connectivity index (χ4v) is 2.02. The lowest BCUT2D eigenvalue weighted by atomic mass is 9.98. The zero-order valence-electron chi connectivity index (χ0n) is 13.8. The first-order valence-corrected chi connectivity index (χ1v) is 7.49. The molecule has 0 aliphatic rings. The van der Waals surface area contributed by atoms with E-state index in [2.05, 4.69) is 0 Å². The second-order valence-corrected chi connectivity index (χ2v) is 5.76. The van der Waals surface area contributed by atoms with Gasteiger partial charge in [-0.1, -0.05) is 23.3 Å². The van der Waals surface area contributed by atoms with E-state index in [9.17, 15) is 9.90 Å². The molecule has 124 valence electrons. The van der Waals surface area contributed by atoms with Gasteiger partial charge in [-0.15, -0.1) is 0 Å². The summed E-state index contributed by atoms with van der Waals surface area (Å²) in [4.78, 5) is 10.7. The van der Waals surface area contributed by atoms with Crippen molar-refractivity contribution in [3.8, 4) is 5.75 Å². The Labute approximate surface area is 137 Å². The zero-order valence-corrected chi connectivity index (χ0v) is 13.8. The van der Waals surface area contributed by atoms with Crippen LogP contribution >= 0.6 is 0 Å². The van der Waals surface area contributed by atoms with Crippen LogP contribution in [0.2, 0.25) is 0 Å². The summed E-state index contributed by atoms with van der Waals surface area (Å²) in [7, 11) is 0. The second kappa shape index (κ2) is 8.96. The fourth-order valence-electron chi connectivity index (χ4n) is 2.02. The van der Waals surface area contributed by atoms with E-state index in [1.54, 1.807) is 12.1 Å². The molecule has 1 rings (SSSR count). The molecule has 4 heteroatoms. The molecular formula is C19H24O4. The van der Waals surface area contributed by atoms with Crippen LogP contribution in [0.5, 0.6) is 5.75 Å². The van der Waals surface area contributed by atoms with E-state index >= 15 is 0 Å². The number of hydrogen-bond acceptors (Lipinski definition) is 3. The average Bonchev–Trinajstić information content (AvgIpc) is 2.50. The minimum absolute atomic E-state index is 0.0238. The largest absolute Gasteiger partial charge is 0.507 e. The number of benzene rings is 1. The lowest BCUT2D eigenvalue weighted by molar-refractivity contribution is -0.131. The molecule has 1 aromatic rings. The molecule has 0 fully saturated rings. The van der Waals surface area contributed by atoms with Gasteiger partial charge in [-0.25, -0.2) is 4.79 Å². The number of aliphatic hydroxyl groups is 1. The van der Waals surface area contributed by atoms with E-state index < -0.39 is 5.97 Å². The smallest absolute Gasteiger partial charge is 0.328 e. The summed E-state index contributed by atoms with van der Waals surface area (Å²) in [6.07, 6.45) is 7.52. The first-order valence-electron chi connectivity index (χ1n) is 7.49. The highest BCUT2D eigenvalue weighted by Gasteiger charge is 2.08. The molecule has 0 saturated heterocycles. The van der Waals surface area contributed by atoms with Crippen LogP contribution in [-0.2, 0) is 17.6 Å². The number of allylic oxidation sites excluding steroid dienone is 3. The molecule has 4 nitrogen and oxygen atoms in total. The summed E-state index contributed by atoms with van der Waals surface area (Å²) in [6, 6.07) is 3.56. The molecule has 0 amide bonds. The van der Waals surface area contributed by atoms with Crippen LogP contribution in [0.1, 0.15) is 37.5 Å². The van der Waals surface area contributed by atoms with Gasteiger partial charge >= 0.3 is 5.97 Å². The number of carboxylic acid groups (broad SMARTS) is 1. The number of aliphatic hydroxyl groups excluding tert-OH is 1. The van der Waals surface area contributed by atoms with Crippen molar-refractivity contribution in [2.45, 2.75) is 33.6 Å². The van der Waals surface area contributed by atoms with Gasteiger partial charge in [0.1, 0.15) is 5.75 Å². The van der Waals surface area contributed by atoms with Gasteiger partial charge in [0.25, 0.3) is 0 Å². The van der Waals surface area contributed by atoms with E-state index in [-0.39, 0.29) is 12.4 Å². The minimum atomic E-state index is -1.01. The highest BCUT2D eigenvalue weighted by atomic mass is 16.4. The number of aromatic hydroxyl groups is 1. The third kappa shape index (κ3) is 6.53. The molecule has 0 aliphatic heterocycles. The Balaban J connectivity index is 3.25. The lowest BCUT2D eigenvalue weighted by Gasteiger charge is -2.10. The summed E-state index contributed by atoms with van der Waals surface area (Å²) in [6.45, 7) is 5.76. The third-order valence-corrected chi connectivity index (χ3v) is 3.36. The van der Waals surface area contributed by atoms with Gasteiger partial charge < -0.3 is 15.3 Å². The van der Waals surface area contributed by atoms with E-state index in [0.29, 0.717) is 18.4 Å². The maximum atomic E-state index is 10.7. The Kier molecular flexibility index (Phi) is 7.29. The van der Waals surface area contributed by atoms with Crippen LogP contribution in [0.3, 0.4) is 0 Å². The Morgan fingerprint density at radius 1 is 1.09 bits per heavy atom. The molecule has 23 heavy (non-hydrogen) atoms. The molecule has 0 aromatic heterocycles. The van der Waals surface area contributed by atoms with Gasteiger partial charge in [-0.2, -0.15) is 0 Å². The number of carbonyl (C=O) groups is 1. The number of aliphatic carboxylic acids is 1. The Morgan fingerprint density at radius 3 is 2.13 bits per heavy atom. The summed E-state index contributed by atoms with van der Waals surface area (Å²) >= 11 is 0. The van der Waals surface area contributed by atoms with Crippen molar-refractivity contribution in [1.29, 1.82) is 0 Å². The highest BCUT2D eigenvalue weighted by Crippen LogP contribution is 2.27. The normalized spacial score (nSPS) is 11.7. The summed E-state index contributed by atoms with van der Waals surface area (Å²) in [5.74, 6) is -0.793. The van der Waals surface area contributed by atoms with Gasteiger partial charge in [0.15, 0.2) is 0 Å². The molecule has 0 aliphatic carbocycles. The van der Waals surface area contributed by atoms with Crippen molar-refractivity contribution in [2.75, 3.05) is 6.61 Å². The molecule has 0 radical (unpaired) electrons. The molecular weight excluding hydrogens is 292 g/mol. The van der Waals surface area contributed by atoms with Crippen molar-refractivity contribution >= 4 is 12.0 Å². The number of carboxylic acids is 1. The highest BCUT2D eigenvalue weighted by molar-refractivity contribution is 5.85. The minimum Gasteiger partial charge on any atom is -0.507 e. The van der Waals surface area contributed by atoms with Gasteiger partial charge in [-0.05, 0) is 68.5 Å². The summed E-state index contributed by atoms with van der Waals surface area (Å²) < 4.78 is 0. The zero-order chi connectivity index (χ0) is 17.4. The Morgan fingerprint density at radius 2 is 1.65 bits per heavy atom. The van der Waals surface area contributed by atoms with Crippen LogP contribution in [0.4, 0.5) is 0 Å². The monoisotopic (exact) mass is 316 g/mol. The average molecular weight is 316 g/mol. The fraction of sp³-hybridized carbons (Fsp3) is 0.316. The molecule has 0 unspecified atom stereocenters. The van der Waals surface area contributed by atoms with Gasteiger partial charge in [0, 0.05) is 6.08 Å². The maximum absolute atomic E-state index is 10.7. The van der Waals surface area contributed by atoms with E-state index in [1.807, 2.05) is 32.9 Å². The predicted octanol–water partition coefficient (Wildman–Crippen LogP) is 3.48. The number of phenolic OH excluding ortho intramolecular Hbond substituents is 1. The van der Waals surface area contributed by atoms with Crippen molar-refractivity contribution in [2.24, 2.45) is 0 Å². The van der Waals surface area contributed by atoms with Crippen LogP contribution in [0.15, 0.2) is 41.5 Å². The molecule has 0 spiro atoms. The molecule has 3 N–H and O–H groups in total. The van der Waals surface area contributed by atoms with Crippen molar-refractivity contribution < 1.29 is 20.1 Å². The Hall–Kier alpha value is -2.33. The van der Waals surface area contributed by atoms with Gasteiger partial charge in [0.05, 0.1) is 6.61 Å². The van der Waals surface area contributed by atoms with Crippen molar-refractivity contribution in [3.05, 3.63) is 58.2 Å². The second-order valence-electron chi connectivity index (χ2n) is 5.76. The first-order chi connectivity index (χ1) is 10.8. The molecule has 0 atom stereocenters. The van der Waals surface area contributed by atoms with Gasteiger partial charge in [0.2, 0.25) is 0 Å². The number of hydrogen-bond donors (Lipinski definition) is 3. The lowest BCUT2D eigenvalue weighted by Crippen LogP contribution is -1.94. The van der Waals surface area contributed by atoms with Crippen molar-refractivity contribution in [3.63, 3.8) is 0 Å². The maximum Gasteiger partial charge on any atom is 0.328 e. The summed E-state index contributed by atoms with van der Waals surface area (Å²) in [5, 5.41) is 28.3. The number of phenols is 1. The molecule has 1 aromatic carbocycles. The molecule has 0 bridgehead atoms. The van der Waals surface area contributed by atoms with Crippen LogP contribution in [0, 0.1) is 0 Å². The van der Waals surface area contributed by atoms with Crippen molar-refractivity contribution in [1.82, 2.24) is 0 Å². The van der Waals surface area contributed by atoms with Gasteiger partial charge in [-0.3, -0.25) is 0 Å². The van der Waals surface area contributed by atoms with E-state index in [0.717, 1.165) is 28.3 Å². The van der Waals surface area contributed by atoms with Crippen LogP contribution < -0.4 is 0 Å². The Bertz CT molecular complexity index is 648. The molecule has 0 heterocycles. The van der Waals surface area contributed by atoms with E-state index in [1.165, 1.54) is 6.08 Å². The molecule has 0 saturated carbocycles. The number of rotatable bonds is 7. The SMILES string of the molecule is CC(C)=CCc1cc(/C=C/C(=O)O)cc(CC=C(C)CO)c1O. The first kappa shape index (κ1) is 18.7.